The van der Waals surface area contributed by atoms with E-state index in [1.54, 1.807) is 0 Å². The van der Waals surface area contributed by atoms with Crippen molar-refractivity contribution in [2.24, 2.45) is 11.8 Å². The predicted molar refractivity (Wildman–Crippen MR) is 76.7 cm³/mol. The normalized spacial score (nSPS) is 30.8. The van der Waals surface area contributed by atoms with E-state index < -0.39 is 0 Å². The molecule has 0 bridgehead atoms. The highest BCUT2D eigenvalue weighted by Crippen LogP contribution is 2.44. The van der Waals surface area contributed by atoms with E-state index in [0.29, 0.717) is 11.6 Å². The molecule has 0 aromatic rings. The van der Waals surface area contributed by atoms with Gasteiger partial charge in [-0.25, -0.2) is 0 Å². The van der Waals surface area contributed by atoms with Gasteiger partial charge in [-0.2, -0.15) is 0 Å². The molecule has 0 amide bonds. The Hall–Kier alpha value is -0.160. The molecule has 3 N–H and O–H groups in total. The van der Waals surface area contributed by atoms with Crippen LogP contribution in [0, 0.1) is 5.92 Å². The highest BCUT2D eigenvalue weighted by molar-refractivity contribution is 5.06. The van der Waals surface area contributed by atoms with Gasteiger partial charge in [0.05, 0.1) is 13.2 Å². The van der Waals surface area contributed by atoms with Gasteiger partial charge in [0.1, 0.15) is 0 Å². The Labute approximate surface area is 117 Å². The molecule has 2 saturated carbocycles. The van der Waals surface area contributed by atoms with Crippen molar-refractivity contribution in [2.45, 2.75) is 62.9 Å². The first-order valence-electron chi connectivity index (χ1n) is 8.16. The van der Waals surface area contributed by atoms with Crippen LogP contribution in [0.5, 0.6) is 0 Å². The Bertz CT molecular complexity index is 279. The van der Waals surface area contributed by atoms with Gasteiger partial charge in [-0.05, 0) is 31.6 Å². The third kappa shape index (κ3) is 2.56. The van der Waals surface area contributed by atoms with Gasteiger partial charge in [0, 0.05) is 24.7 Å². The monoisotopic (exact) mass is 267 g/mol. The van der Waals surface area contributed by atoms with Crippen molar-refractivity contribution in [3.63, 3.8) is 0 Å². The van der Waals surface area contributed by atoms with Gasteiger partial charge in [-0.15, -0.1) is 0 Å². The Morgan fingerprint density at radius 3 is 2.26 bits per heavy atom. The van der Waals surface area contributed by atoms with E-state index in [1.165, 1.54) is 51.4 Å². The molecule has 2 aliphatic carbocycles. The van der Waals surface area contributed by atoms with E-state index in [0.717, 1.165) is 32.2 Å². The second-order valence-corrected chi connectivity index (χ2v) is 6.60. The summed E-state index contributed by atoms with van der Waals surface area (Å²) < 4.78 is 5.55. The zero-order chi connectivity index (χ0) is 13.1. The number of nitrogens with one attached hydrogen (secondary N) is 1. The van der Waals surface area contributed by atoms with E-state index in [9.17, 15) is 0 Å². The molecule has 3 fully saturated rings. The summed E-state index contributed by atoms with van der Waals surface area (Å²) in [6, 6.07) is 0.482. The smallest absolute Gasteiger partial charge is 0.0594 e. The third-order valence-electron chi connectivity index (χ3n) is 5.74. The van der Waals surface area contributed by atoms with Crippen molar-refractivity contribution in [1.29, 1.82) is 0 Å². The summed E-state index contributed by atoms with van der Waals surface area (Å²) in [5, 5.41) is 0. The molecule has 19 heavy (non-hydrogen) atoms. The molecule has 4 heteroatoms. The van der Waals surface area contributed by atoms with Crippen LogP contribution in [-0.2, 0) is 4.74 Å². The van der Waals surface area contributed by atoms with Crippen LogP contribution in [0.25, 0.3) is 0 Å². The number of ether oxygens (including phenoxy) is 1. The van der Waals surface area contributed by atoms with Gasteiger partial charge in [0.2, 0.25) is 0 Å². The summed E-state index contributed by atoms with van der Waals surface area (Å²) >= 11 is 0. The topological polar surface area (TPSA) is 50.5 Å². The first-order chi connectivity index (χ1) is 9.37. The first kappa shape index (κ1) is 13.8. The Balaban J connectivity index is 1.80. The molecule has 3 aliphatic rings. The molecule has 1 heterocycles. The van der Waals surface area contributed by atoms with Crippen molar-refractivity contribution >= 4 is 0 Å². The van der Waals surface area contributed by atoms with E-state index in [4.69, 9.17) is 10.6 Å². The predicted octanol–water partition coefficient (Wildman–Crippen LogP) is 1.65. The van der Waals surface area contributed by atoms with Crippen LogP contribution in [-0.4, -0.2) is 42.8 Å². The molecule has 0 aromatic heterocycles. The number of hydrogen-bond donors (Lipinski definition) is 2. The molecule has 1 aliphatic heterocycles. The second kappa shape index (κ2) is 6.08. The van der Waals surface area contributed by atoms with Gasteiger partial charge in [-0.3, -0.25) is 16.2 Å². The number of nitrogens with zero attached hydrogens (tertiary/aromatic N) is 1. The van der Waals surface area contributed by atoms with Crippen molar-refractivity contribution in [3.05, 3.63) is 0 Å². The van der Waals surface area contributed by atoms with Crippen molar-refractivity contribution in [1.82, 2.24) is 10.3 Å². The van der Waals surface area contributed by atoms with E-state index in [-0.39, 0.29) is 0 Å². The molecule has 4 nitrogen and oxygen atoms in total. The first-order valence-corrected chi connectivity index (χ1v) is 8.16. The molecule has 0 aromatic carbocycles. The maximum atomic E-state index is 6.02. The van der Waals surface area contributed by atoms with Crippen LogP contribution in [0.4, 0.5) is 0 Å². The zero-order valence-electron chi connectivity index (χ0n) is 12.1. The van der Waals surface area contributed by atoms with Gasteiger partial charge in [-0.1, -0.05) is 25.7 Å². The Morgan fingerprint density at radius 1 is 1.05 bits per heavy atom. The molecular weight excluding hydrogens is 238 g/mol. The van der Waals surface area contributed by atoms with Crippen LogP contribution in [0.3, 0.4) is 0 Å². The van der Waals surface area contributed by atoms with Gasteiger partial charge < -0.3 is 4.74 Å². The van der Waals surface area contributed by atoms with Crippen molar-refractivity contribution < 1.29 is 4.74 Å². The molecule has 110 valence electrons. The fraction of sp³-hybridized carbons (Fsp3) is 1.00. The summed E-state index contributed by atoms with van der Waals surface area (Å²) in [5.41, 5.74) is 3.55. The lowest BCUT2D eigenvalue weighted by Gasteiger charge is -2.50. The molecule has 1 saturated heterocycles. The summed E-state index contributed by atoms with van der Waals surface area (Å²) in [7, 11) is 0. The highest BCUT2D eigenvalue weighted by atomic mass is 16.5. The third-order valence-corrected chi connectivity index (χ3v) is 5.74. The SMILES string of the molecule is NNC(C1CCCC1)C1(N2CCOCC2)CCCC1. The lowest BCUT2D eigenvalue weighted by atomic mass is 9.78. The number of hydrogen-bond acceptors (Lipinski definition) is 4. The van der Waals surface area contributed by atoms with Crippen LogP contribution < -0.4 is 11.3 Å². The average molecular weight is 267 g/mol. The summed E-state index contributed by atoms with van der Waals surface area (Å²) in [6.45, 7) is 3.96. The summed E-state index contributed by atoms with van der Waals surface area (Å²) in [6.07, 6.45) is 10.9. The number of rotatable bonds is 4. The zero-order valence-corrected chi connectivity index (χ0v) is 12.1. The van der Waals surface area contributed by atoms with Gasteiger partial charge in [0.15, 0.2) is 0 Å². The van der Waals surface area contributed by atoms with E-state index >= 15 is 0 Å². The second-order valence-electron chi connectivity index (χ2n) is 6.60. The van der Waals surface area contributed by atoms with Crippen molar-refractivity contribution in [2.75, 3.05) is 26.3 Å². The molecule has 1 atom stereocenters. The van der Waals surface area contributed by atoms with Crippen LogP contribution in [0.15, 0.2) is 0 Å². The minimum atomic E-state index is 0.313. The Kier molecular flexibility index (Phi) is 4.42. The molecular formula is C15H29N3O. The van der Waals surface area contributed by atoms with E-state index in [2.05, 4.69) is 10.3 Å². The lowest BCUT2D eigenvalue weighted by molar-refractivity contribution is -0.0444. The fourth-order valence-electron chi connectivity index (χ4n) is 4.84. The van der Waals surface area contributed by atoms with E-state index in [1.807, 2.05) is 0 Å². The minimum absolute atomic E-state index is 0.313. The Morgan fingerprint density at radius 2 is 1.68 bits per heavy atom. The molecule has 1 unspecified atom stereocenters. The van der Waals surface area contributed by atoms with Crippen molar-refractivity contribution in [3.8, 4) is 0 Å². The van der Waals surface area contributed by atoms with Crippen LogP contribution >= 0.6 is 0 Å². The molecule has 3 rings (SSSR count). The fourth-order valence-corrected chi connectivity index (χ4v) is 4.84. The minimum Gasteiger partial charge on any atom is -0.379 e. The standard InChI is InChI=1S/C15H29N3O/c16-17-14(13-5-1-2-6-13)15(7-3-4-8-15)18-9-11-19-12-10-18/h13-14,17H,1-12,16H2. The maximum Gasteiger partial charge on any atom is 0.0594 e. The van der Waals surface area contributed by atoms with Gasteiger partial charge in [0.25, 0.3) is 0 Å². The summed E-state index contributed by atoms with van der Waals surface area (Å²) in [5.74, 6) is 6.80. The van der Waals surface area contributed by atoms with Crippen LogP contribution in [0.1, 0.15) is 51.4 Å². The maximum absolute atomic E-state index is 6.02. The summed E-state index contributed by atoms with van der Waals surface area (Å²) in [4.78, 5) is 2.70. The number of nitrogens with two attached hydrogens (primary N) is 1. The quantitative estimate of drug-likeness (QED) is 0.601. The number of hydrazine groups is 1. The average Bonchev–Trinajstić information content (AvgIpc) is 3.13. The largest absolute Gasteiger partial charge is 0.379 e. The van der Waals surface area contributed by atoms with Crippen LogP contribution in [0.2, 0.25) is 0 Å². The lowest BCUT2D eigenvalue weighted by Crippen LogP contribution is -2.65. The molecule has 0 spiro atoms. The number of morpholine rings is 1. The van der Waals surface area contributed by atoms with Gasteiger partial charge >= 0.3 is 0 Å². The highest BCUT2D eigenvalue weighted by Gasteiger charge is 2.48. The molecule has 0 radical (unpaired) electrons.